The molecule has 13 heavy (non-hydrogen) atoms. The Bertz CT molecular complexity index is 268. The summed E-state index contributed by atoms with van der Waals surface area (Å²) in [5.41, 5.74) is 0. The number of aliphatic hydroxyl groups is 2. The second-order valence-electron chi connectivity index (χ2n) is 3.16. The van der Waals surface area contributed by atoms with Gasteiger partial charge in [0.25, 0.3) is 0 Å². The maximum Gasteiger partial charge on any atom is 0.128 e. The highest BCUT2D eigenvalue weighted by molar-refractivity contribution is 5.39. The van der Waals surface area contributed by atoms with Gasteiger partial charge in [0, 0.05) is 25.4 Å². The van der Waals surface area contributed by atoms with E-state index >= 15 is 0 Å². The van der Waals surface area contributed by atoms with Crippen molar-refractivity contribution in [1.82, 2.24) is 4.98 Å². The molecule has 1 radical (unpaired) electrons. The van der Waals surface area contributed by atoms with Crippen LogP contribution in [0.4, 0.5) is 5.82 Å². The van der Waals surface area contributed by atoms with Crippen LogP contribution in [-0.2, 0) is 0 Å². The van der Waals surface area contributed by atoms with Crippen LogP contribution in [0.25, 0.3) is 0 Å². The molecule has 1 aromatic heterocycles. The lowest BCUT2D eigenvalue weighted by Crippen LogP contribution is -2.22. The average Bonchev–Trinajstić information content (AvgIpc) is 2.49. The first-order valence-corrected chi connectivity index (χ1v) is 4.20. The standard InChI is InChI=1S/C9H11N2O2/c12-7-5-11(6-8(7)13)9-3-1-2-4-10-9/h1,3-4,7-8,12-13H,5-6H2/t7-,8+. The van der Waals surface area contributed by atoms with Crippen LogP contribution in [0, 0.1) is 6.07 Å². The highest BCUT2D eigenvalue weighted by Gasteiger charge is 2.29. The molecule has 0 unspecified atom stereocenters. The molecule has 2 atom stereocenters. The molecule has 0 aromatic carbocycles. The van der Waals surface area contributed by atoms with E-state index in [0.717, 1.165) is 5.82 Å². The van der Waals surface area contributed by atoms with Gasteiger partial charge in [0.15, 0.2) is 0 Å². The number of nitrogens with zero attached hydrogens (tertiary/aromatic N) is 2. The van der Waals surface area contributed by atoms with Crippen LogP contribution in [0.15, 0.2) is 18.3 Å². The van der Waals surface area contributed by atoms with E-state index in [1.165, 1.54) is 0 Å². The highest BCUT2D eigenvalue weighted by atomic mass is 16.3. The van der Waals surface area contributed by atoms with Gasteiger partial charge in [0.05, 0.1) is 12.2 Å². The van der Waals surface area contributed by atoms with E-state index in [1.807, 2.05) is 11.0 Å². The van der Waals surface area contributed by atoms with Gasteiger partial charge in [-0.25, -0.2) is 4.98 Å². The molecule has 1 aromatic rings. The average molecular weight is 179 g/mol. The summed E-state index contributed by atoms with van der Waals surface area (Å²) in [7, 11) is 0. The normalized spacial score (nSPS) is 28.0. The summed E-state index contributed by atoms with van der Waals surface area (Å²) < 4.78 is 0. The lowest BCUT2D eigenvalue weighted by atomic mass is 10.3. The summed E-state index contributed by atoms with van der Waals surface area (Å²) in [6.07, 6.45) is 0.254. The molecule has 1 aliphatic rings. The number of hydrogen-bond donors (Lipinski definition) is 2. The number of anilines is 1. The highest BCUT2D eigenvalue weighted by Crippen LogP contribution is 2.17. The summed E-state index contributed by atoms with van der Waals surface area (Å²) >= 11 is 0. The van der Waals surface area contributed by atoms with Crippen molar-refractivity contribution < 1.29 is 10.2 Å². The molecule has 0 bridgehead atoms. The van der Waals surface area contributed by atoms with Gasteiger partial charge >= 0.3 is 0 Å². The molecular weight excluding hydrogens is 168 g/mol. The van der Waals surface area contributed by atoms with Crippen LogP contribution < -0.4 is 4.90 Å². The summed E-state index contributed by atoms with van der Waals surface area (Å²) in [6, 6.07) is 6.39. The number of β-amino-alcohol motifs (C(OH)–C–C–N with tert-alkyl or cyclic N) is 2. The van der Waals surface area contributed by atoms with Gasteiger partial charge in [-0.1, -0.05) is 0 Å². The number of pyridine rings is 1. The summed E-state index contributed by atoms with van der Waals surface area (Å²) in [4.78, 5) is 5.93. The minimum absolute atomic E-state index is 0.443. The molecule has 1 saturated heterocycles. The van der Waals surface area contributed by atoms with E-state index < -0.39 is 12.2 Å². The predicted octanol–water partition coefficient (Wildman–Crippen LogP) is -0.576. The van der Waals surface area contributed by atoms with Crippen molar-refractivity contribution in [2.45, 2.75) is 12.2 Å². The molecule has 0 aliphatic carbocycles. The molecule has 4 heteroatoms. The summed E-state index contributed by atoms with van der Waals surface area (Å²) in [6.45, 7) is 0.885. The Morgan fingerprint density at radius 2 is 2.08 bits per heavy atom. The molecule has 0 saturated carbocycles. The van der Waals surface area contributed by atoms with Crippen molar-refractivity contribution in [2.24, 2.45) is 0 Å². The van der Waals surface area contributed by atoms with E-state index in [1.54, 1.807) is 12.3 Å². The minimum atomic E-state index is -0.661. The van der Waals surface area contributed by atoms with Crippen molar-refractivity contribution >= 4 is 5.82 Å². The van der Waals surface area contributed by atoms with E-state index in [2.05, 4.69) is 11.1 Å². The fraction of sp³-hybridized carbons (Fsp3) is 0.444. The van der Waals surface area contributed by atoms with E-state index in [-0.39, 0.29) is 0 Å². The van der Waals surface area contributed by atoms with Gasteiger partial charge in [0.2, 0.25) is 0 Å². The maximum absolute atomic E-state index is 9.30. The lowest BCUT2D eigenvalue weighted by Gasteiger charge is -2.15. The Morgan fingerprint density at radius 1 is 1.38 bits per heavy atom. The van der Waals surface area contributed by atoms with Crippen molar-refractivity contribution in [2.75, 3.05) is 18.0 Å². The first kappa shape index (κ1) is 8.47. The van der Waals surface area contributed by atoms with Crippen molar-refractivity contribution in [1.29, 1.82) is 0 Å². The zero-order valence-electron chi connectivity index (χ0n) is 7.09. The largest absolute Gasteiger partial charge is 0.389 e. The first-order chi connectivity index (χ1) is 6.27. The van der Waals surface area contributed by atoms with E-state index in [4.69, 9.17) is 0 Å². The number of rotatable bonds is 1. The maximum atomic E-state index is 9.30. The Kier molecular flexibility index (Phi) is 2.16. The van der Waals surface area contributed by atoms with E-state index in [0.29, 0.717) is 13.1 Å². The zero-order valence-corrected chi connectivity index (χ0v) is 7.09. The summed E-state index contributed by atoms with van der Waals surface area (Å²) in [5.74, 6) is 0.773. The van der Waals surface area contributed by atoms with Gasteiger partial charge in [0.1, 0.15) is 5.82 Å². The van der Waals surface area contributed by atoms with Crippen LogP contribution in [0.3, 0.4) is 0 Å². The van der Waals surface area contributed by atoms with Crippen LogP contribution in [0.5, 0.6) is 0 Å². The Morgan fingerprint density at radius 3 is 2.62 bits per heavy atom. The van der Waals surface area contributed by atoms with Crippen molar-refractivity contribution in [3.63, 3.8) is 0 Å². The molecule has 1 fully saturated rings. The summed E-state index contributed by atoms with van der Waals surface area (Å²) in [5, 5.41) is 18.6. The van der Waals surface area contributed by atoms with Gasteiger partial charge in [-0.3, -0.25) is 0 Å². The number of aliphatic hydroxyl groups excluding tert-OH is 2. The van der Waals surface area contributed by atoms with Gasteiger partial charge < -0.3 is 15.1 Å². The third-order valence-corrected chi connectivity index (χ3v) is 2.18. The van der Waals surface area contributed by atoms with Crippen LogP contribution >= 0.6 is 0 Å². The Labute approximate surface area is 76.5 Å². The Balaban J connectivity index is 2.12. The fourth-order valence-electron chi connectivity index (χ4n) is 1.46. The third-order valence-electron chi connectivity index (χ3n) is 2.18. The molecule has 2 heterocycles. The molecule has 69 valence electrons. The molecule has 1 aliphatic heterocycles. The first-order valence-electron chi connectivity index (χ1n) is 4.20. The van der Waals surface area contributed by atoms with Gasteiger partial charge in [-0.05, 0) is 12.1 Å². The topological polar surface area (TPSA) is 56.6 Å². The predicted molar refractivity (Wildman–Crippen MR) is 47.3 cm³/mol. The Hall–Kier alpha value is -1.13. The smallest absolute Gasteiger partial charge is 0.128 e. The molecular formula is C9H11N2O2. The van der Waals surface area contributed by atoms with Gasteiger partial charge in [-0.15, -0.1) is 0 Å². The molecule has 0 amide bonds. The molecule has 0 spiro atoms. The van der Waals surface area contributed by atoms with Crippen molar-refractivity contribution in [3.8, 4) is 0 Å². The molecule has 2 rings (SSSR count). The van der Waals surface area contributed by atoms with Crippen LogP contribution in [0.2, 0.25) is 0 Å². The van der Waals surface area contributed by atoms with Gasteiger partial charge in [-0.2, -0.15) is 0 Å². The second kappa shape index (κ2) is 3.32. The van der Waals surface area contributed by atoms with Crippen molar-refractivity contribution in [3.05, 3.63) is 24.4 Å². The number of hydrogen-bond acceptors (Lipinski definition) is 4. The molecule has 4 nitrogen and oxygen atoms in total. The third kappa shape index (κ3) is 1.64. The van der Waals surface area contributed by atoms with Crippen LogP contribution in [0.1, 0.15) is 0 Å². The van der Waals surface area contributed by atoms with Crippen LogP contribution in [-0.4, -0.2) is 40.5 Å². The minimum Gasteiger partial charge on any atom is -0.389 e. The zero-order chi connectivity index (χ0) is 9.26. The quantitative estimate of drug-likeness (QED) is 0.606. The lowest BCUT2D eigenvalue weighted by molar-refractivity contribution is 0.0572. The molecule has 2 N–H and O–H groups in total. The monoisotopic (exact) mass is 179 g/mol. The fourth-order valence-corrected chi connectivity index (χ4v) is 1.46. The SMILES string of the molecule is O[C@@H]1CN(c2cc[c]cn2)C[C@@H]1O. The second-order valence-corrected chi connectivity index (χ2v) is 3.16. The van der Waals surface area contributed by atoms with E-state index in [9.17, 15) is 10.2 Å². The number of aromatic nitrogens is 1.